The Morgan fingerprint density at radius 3 is 2.44 bits per heavy atom. The Morgan fingerprint density at radius 1 is 1.11 bits per heavy atom. The molecule has 4 heteroatoms. The monoisotopic (exact) mass is 244 g/mol. The van der Waals surface area contributed by atoms with E-state index in [9.17, 15) is 9.18 Å². The molecule has 92 valence electrons. The molecule has 1 amide bonds. The van der Waals surface area contributed by atoms with Crippen molar-refractivity contribution in [3.63, 3.8) is 0 Å². The predicted molar refractivity (Wildman–Crippen MR) is 66.7 cm³/mol. The summed E-state index contributed by atoms with van der Waals surface area (Å²) in [6.07, 6.45) is 4.18. The Labute approximate surface area is 105 Å². The molecule has 1 N–H and O–H groups in total. The second-order valence-electron chi connectivity index (χ2n) is 3.87. The number of pyridine rings is 1. The largest absolute Gasteiger partial charge is 0.352 e. The Hall–Kier alpha value is -2.23. The molecule has 18 heavy (non-hydrogen) atoms. The molecule has 0 aliphatic carbocycles. The molecule has 0 radical (unpaired) electrons. The van der Waals surface area contributed by atoms with Crippen LogP contribution in [0.15, 0.2) is 48.8 Å². The molecule has 2 rings (SSSR count). The third-order valence-electron chi connectivity index (χ3n) is 2.55. The van der Waals surface area contributed by atoms with Gasteiger partial charge in [0.15, 0.2) is 0 Å². The highest BCUT2D eigenvalue weighted by Crippen LogP contribution is 2.02. The average Bonchev–Trinajstić information content (AvgIpc) is 2.40. The SMILES string of the molecule is O=C(NCCc1ccncc1)c1ccc(F)cc1. The molecule has 0 saturated heterocycles. The second kappa shape index (κ2) is 5.91. The van der Waals surface area contributed by atoms with Crippen LogP contribution in [-0.2, 0) is 6.42 Å². The minimum absolute atomic E-state index is 0.191. The first kappa shape index (κ1) is 12.2. The van der Waals surface area contributed by atoms with Crippen LogP contribution in [0.25, 0.3) is 0 Å². The lowest BCUT2D eigenvalue weighted by Gasteiger charge is -2.05. The summed E-state index contributed by atoms with van der Waals surface area (Å²) in [6, 6.07) is 9.30. The molecule has 0 bridgehead atoms. The van der Waals surface area contributed by atoms with E-state index < -0.39 is 0 Å². The van der Waals surface area contributed by atoms with E-state index in [-0.39, 0.29) is 11.7 Å². The number of hydrogen-bond acceptors (Lipinski definition) is 2. The first-order valence-electron chi connectivity index (χ1n) is 5.68. The van der Waals surface area contributed by atoms with Crippen molar-refractivity contribution in [3.05, 3.63) is 65.7 Å². The van der Waals surface area contributed by atoms with E-state index in [1.54, 1.807) is 12.4 Å². The van der Waals surface area contributed by atoms with Crippen LogP contribution in [0.4, 0.5) is 4.39 Å². The van der Waals surface area contributed by atoms with Gasteiger partial charge in [0.1, 0.15) is 5.82 Å². The molecular weight excluding hydrogens is 231 g/mol. The van der Waals surface area contributed by atoms with Crippen LogP contribution in [-0.4, -0.2) is 17.4 Å². The normalized spacial score (nSPS) is 10.1. The summed E-state index contributed by atoms with van der Waals surface area (Å²) in [5.41, 5.74) is 1.58. The number of nitrogens with zero attached hydrogens (tertiary/aromatic N) is 1. The minimum atomic E-state index is -0.344. The molecule has 2 aromatic rings. The van der Waals surface area contributed by atoms with Gasteiger partial charge in [-0.05, 0) is 48.4 Å². The van der Waals surface area contributed by atoms with Gasteiger partial charge in [0.05, 0.1) is 0 Å². The van der Waals surface area contributed by atoms with Crippen LogP contribution < -0.4 is 5.32 Å². The van der Waals surface area contributed by atoms with E-state index in [4.69, 9.17) is 0 Å². The summed E-state index contributed by atoms with van der Waals surface area (Å²) in [5, 5.41) is 2.79. The van der Waals surface area contributed by atoms with Gasteiger partial charge in [-0.1, -0.05) is 0 Å². The van der Waals surface area contributed by atoms with Gasteiger partial charge in [-0.2, -0.15) is 0 Å². The molecule has 1 heterocycles. The molecule has 3 nitrogen and oxygen atoms in total. The number of rotatable bonds is 4. The molecular formula is C14H13FN2O. The fourth-order valence-electron chi connectivity index (χ4n) is 1.57. The third kappa shape index (κ3) is 3.38. The van der Waals surface area contributed by atoms with Gasteiger partial charge in [0.2, 0.25) is 0 Å². The molecule has 1 aromatic carbocycles. The summed E-state index contributed by atoms with van der Waals surface area (Å²) < 4.78 is 12.7. The van der Waals surface area contributed by atoms with E-state index in [0.29, 0.717) is 12.1 Å². The van der Waals surface area contributed by atoms with E-state index >= 15 is 0 Å². The van der Waals surface area contributed by atoms with E-state index in [2.05, 4.69) is 10.3 Å². The average molecular weight is 244 g/mol. The maximum atomic E-state index is 12.7. The lowest BCUT2D eigenvalue weighted by molar-refractivity contribution is 0.0954. The number of benzene rings is 1. The highest BCUT2D eigenvalue weighted by molar-refractivity contribution is 5.94. The fourth-order valence-corrected chi connectivity index (χ4v) is 1.57. The summed E-state index contributed by atoms with van der Waals surface area (Å²) in [4.78, 5) is 15.6. The summed E-state index contributed by atoms with van der Waals surface area (Å²) in [6.45, 7) is 0.542. The van der Waals surface area contributed by atoms with Crippen LogP contribution in [0, 0.1) is 5.82 Å². The van der Waals surface area contributed by atoms with E-state index in [1.807, 2.05) is 12.1 Å². The molecule has 0 unspecified atom stereocenters. The van der Waals surface area contributed by atoms with E-state index in [1.165, 1.54) is 24.3 Å². The standard InChI is InChI=1S/C14H13FN2O/c15-13-3-1-12(2-4-13)14(18)17-10-7-11-5-8-16-9-6-11/h1-6,8-9H,7,10H2,(H,17,18). The maximum Gasteiger partial charge on any atom is 0.251 e. The quantitative estimate of drug-likeness (QED) is 0.895. The number of amides is 1. The van der Waals surface area contributed by atoms with Crippen LogP contribution in [0.1, 0.15) is 15.9 Å². The zero-order valence-corrected chi connectivity index (χ0v) is 9.77. The smallest absolute Gasteiger partial charge is 0.251 e. The summed E-state index contributed by atoms with van der Waals surface area (Å²) in [5.74, 6) is -0.535. The van der Waals surface area contributed by atoms with Crippen molar-refractivity contribution in [3.8, 4) is 0 Å². The zero-order chi connectivity index (χ0) is 12.8. The van der Waals surface area contributed by atoms with Crippen LogP contribution in [0.2, 0.25) is 0 Å². The summed E-state index contributed by atoms with van der Waals surface area (Å²) in [7, 11) is 0. The molecule has 0 fully saturated rings. The minimum Gasteiger partial charge on any atom is -0.352 e. The first-order chi connectivity index (χ1) is 8.75. The number of carbonyl (C=O) groups is 1. The molecule has 1 aromatic heterocycles. The van der Waals surface area contributed by atoms with Gasteiger partial charge < -0.3 is 5.32 Å². The van der Waals surface area contributed by atoms with Crippen LogP contribution >= 0.6 is 0 Å². The van der Waals surface area contributed by atoms with Gasteiger partial charge in [-0.3, -0.25) is 9.78 Å². The van der Waals surface area contributed by atoms with Gasteiger partial charge in [-0.15, -0.1) is 0 Å². The lowest BCUT2D eigenvalue weighted by Crippen LogP contribution is -2.25. The fraction of sp³-hybridized carbons (Fsp3) is 0.143. The van der Waals surface area contributed by atoms with Crippen LogP contribution in [0.5, 0.6) is 0 Å². The van der Waals surface area contributed by atoms with Gasteiger partial charge in [-0.25, -0.2) is 4.39 Å². The number of aromatic nitrogens is 1. The van der Waals surface area contributed by atoms with Gasteiger partial charge in [0.25, 0.3) is 5.91 Å². The van der Waals surface area contributed by atoms with Crippen molar-refractivity contribution < 1.29 is 9.18 Å². The van der Waals surface area contributed by atoms with Crippen molar-refractivity contribution in [2.75, 3.05) is 6.54 Å². The number of halogens is 1. The molecule has 0 aliphatic rings. The Morgan fingerprint density at radius 2 is 1.78 bits per heavy atom. The van der Waals surface area contributed by atoms with Crippen molar-refractivity contribution in [1.29, 1.82) is 0 Å². The van der Waals surface area contributed by atoms with Crippen molar-refractivity contribution in [2.24, 2.45) is 0 Å². The maximum absolute atomic E-state index is 12.7. The van der Waals surface area contributed by atoms with E-state index in [0.717, 1.165) is 12.0 Å². The topological polar surface area (TPSA) is 42.0 Å². The first-order valence-corrected chi connectivity index (χ1v) is 5.68. The van der Waals surface area contributed by atoms with Crippen LogP contribution in [0.3, 0.4) is 0 Å². The number of hydrogen-bond donors (Lipinski definition) is 1. The lowest BCUT2D eigenvalue weighted by atomic mass is 10.2. The summed E-state index contributed by atoms with van der Waals surface area (Å²) >= 11 is 0. The molecule has 0 saturated carbocycles. The molecule has 0 aliphatic heterocycles. The van der Waals surface area contributed by atoms with Crippen molar-refractivity contribution in [2.45, 2.75) is 6.42 Å². The number of carbonyl (C=O) groups excluding carboxylic acids is 1. The molecule has 0 atom stereocenters. The highest BCUT2D eigenvalue weighted by Gasteiger charge is 2.04. The number of nitrogens with one attached hydrogen (secondary N) is 1. The highest BCUT2D eigenvalue weighted by atomic mass is 19.1. The van der Waals surface area contributed by atoms with Crippen molar-refractivity contribution >= 4 is 5.91 Å². The third-order valence-corrected chi connectivity index (χ3v) is 2.55. The van der Waals surface area contributed by atoms with Gasteiger partial charge in [0, 0.05) is 24.5 Å². The Kier molecular flexibility index (Phi) is 4.02. The molecule has 0 spiro atoms. The Bertz CT molecular complexity index is 511. The predicted octanol–water partition coefficient (Wildman–Crippen LogP) is 2.19. The Balaban J connectivity index is 1.84. The van der Waals surface area contributed by atoms with Gasteiger partial charge >= 0.3 is 0 Å². The van der Waals surface area contributed by atoms with Crippen molar-refractivity contribution in [1.82, 2.24) is 10.3 Å². The zero-order valence-electron chi connectivity index (χ0n) is 9.77. The second-order valence-corrected chi connectivity index (χ2v) is 3.87.